The molecule has 0 radical (unpaired) electrons. The molecule has 0 fully saturated rings. The molecule has 0 aliphatic carbocycles. The molecule has 4 nitrogen and oxygen atoms in total. The maximum absolute atomic E-state index is 11.3. The second kappa shape index (κ2) is 6.39. The third kappa shape index (κ3) is 4.19. The van der Waals surface area contributed by atoms with Gasteiger partial charge in [-0.1, -0.05) is 0 Å². The highest BCUT2D eigenvalue weighted by Gasteiger charge is 2.10. The molecule has 0 bridgehead atoms. The van der Waals surface area contributed by atoms with E-state index >= 15 is 0 Å². The van der Waals surface area contributed by atoms with Crippen LogP contribution in [0.3, 0.4) is 0 Å². The number of primary amides is 1. The summed E-state index contributed by atoms with van der Waals surface area (Å²) >= 11 is 1.80. The number of benzene rings is 1. The van der Waals surface area contributed by atoms with Gasteiger partial charge in [-0.3, -0.25) is 4.79 Å². The lowest BCUT2D eigenvalue weighted by Crippen LogP contribution is -2.20. The van der Waals surface area contributed by atoms with E-state index in [4.69, 9.17) is 11.5 Å². The molecule has 0 saturated carbocycles. The molecule has 0 aliphatic rings. The molecular weight excluding hydrogens is 234 g/mol. The number of anilines is 2. The van der Waals surface area contributed by atoms with Crippen molar-refractivity contribution in [2.75, 3.05) is 23.1 Å². The van der Waals surface area contributed by atoms with Gasteiger partial charge in [0.2, 0.25) is 0 Å². The fourth-order valence-corrected chi connectivity index (χ4v) is 2.12. The topological polar surface area (TPSA) is 81.1 Å². The summed E-state index contributed by atoms with van der Waals surface area (Å²) in [5.74, 6) is 0.632. The predicted molar refractivity (Wildman–Crippen MR) is 75.5 cm³/mol. The Morgan fingerprint density at radius 2 is 2.24 bits per heavy atom. The average molecular weight is 253 g/mol. The van der Waals surface area contributed by atoms with Crippen molar-refractivity contribution in [2.45, 2.75) is 19.4 Å². The van der Waals surface area contributed by atoms with Gasteiger partial charge in [-0.15, -0.1) is 0 Å². The zero-order chi connectivity index (χ0) is 12.8. The SMILES string of the molecule is CSCCC(C)Nc1cc(N)ccc1C(N)=O. The minimum atomic E-state index is -0.440. The Bertz CT molecular complexity index is 395. The van der Waals surface area contributed by atoms with Gasteiger partial charge in [-0.2, -0.15) is 11.8 Å². The molecule has 1 amide bonds. The van der Waals surface area contributed by atoms with E-state index in [0.29, 0.717) is 16.9 Å². The number of carbonyl (C=O) groups excluding carboxylic acids is 1. The summed E-state index contributed by atoms with van der Waals surface area (Å²) in [5, 5.41) is 3.27. The average Bonchev–Trinajstić information content (AvgIpc) is 2.26. The van der Waals surface area contributed by atoms with Gasteiger partial charge in [0.1, 0.15) is 0 Å². The van der Waals surface area contributed by atoms with Crippen LogP contribution in [0.1, 0.15) is 23.7 Å². The quantitative estimate of drug-likeness (QED) is 0.677. The van der Waals surface area contributed by atoms with Crippen molar-refractivity contribution in [3.8, 4) is 0 Å². The van der Waals surface area contributed by atoms with E-state index in [-0.39, 0.29) is 6.04 Å². The summed E-state index contributed by atoms with van der Waals surface area (Å²) < 4.78 is 0. The number of nitrogens with one attached hydrogen (secondary N) is 1. The number of nitrogens with two attached hydrogens (primary N) is 2. The summed E-state index contributed by atoms with van der Waals surface area (Å²) in [6.45, 7) is 2.07. The number of rotatable bonds is 6. The van der Waals surface area contributed by atoms with Crippen molar-refractivity contribution in [2.24, 2.45) is 5.73 Å². The Morgan fingerprint density at radius 3 is 2.82 bits per heavy atom. The van der Waals surface area contributed by atoms with Crippen LogP contribution in [-0.2, 0) is 0 Å². The number of carbonyl (C=O) groups is 1. The Morgan fingerprint density at radius 1 is 1.53 bits per heavy atom. The van der Waals surface area contributed by atoms with Crippen LogP contribution in [0, 0.1) is 0 Å². The highest BCUT2D eigenvalue weighted by atomic mass is 32.2. The predicted octanol–water partition coefficient (Wildman–Crippen LogP) is 1.92. The maximum atomic E-state index is 11.3. The fraction of sp³-hybridized carbons (Fsp3) is 0.417. The van der Waals surface area contributed by atoms with Gasteiger partial charge < -0.3 is 16.8 Å². The molecule has 94 valence electrons. The normalized spacial score (nSPS) is 12.1. The number of thioether (sulfide) groups is 1. The van der Waals surface area contributed by atoms with Gasteiger partial charge in [0.05, 0.1) is 5.56 Å². The lowest BCUT2D eigenvalue weighted by atomic mass is 10.1. The van der Waals surface area contributed by atoms with Crippen LogP contribution < -0.4 is 16.8 Å². The first-order valence-electron chi connectivity index (χ1n) is 5.49. The van der Waals surface area contributed by atoms with E-state index in [0.717, 1.165) is 12.2 Å². The minimum Gasteiger partial charge on any atom is -0.399 e. The monoisotopic (exact) mass is 253 g/mol. The number of hydrogen-bond donors (Lipinski definition) is 3. The van der Waals surface area contributed by atoms with E-state index < -0.39 is 5.91 Å². The molecule has 0 saturated heterocycles. The Labute approximate surface area is 106 Å². The maximum Gasteiger partial charge on any atom is 0.250 e. The summed E-state index contributed by atoms with van der Waals surface area (Å²) in [6.07, 6.45) is 3.09. The number of amides is 1. The van der Waals surface area contributed by atoms with Crippen molar-refractivity contribution in [1.29, 1.82) is 0 Å². The molecule has 0 spiro atoms. The Kier molecular flexibility index (Phi) is 5.15. The fourth-order valence-electron chi connectivity index (χ4n) is 1.53. The van der Waals surface area contributed by atoms with Crippen molar-refractivity contribution >= 4 is 29.0 Å². The van der Waals surface area contributed by atoms with Crippen LogP contribution in [0.2, 0.25) is 0 Å². The van der Waals surface area contributed by atoms with Crippen molar-refractivity contribution in [1.82, 2.24) is 0 Å². The molecular formula is C12H19N3OS. The smallest absolute Gasteiger partial charge is 0.250 e. The first-order chi connectivity index (χ1) is 8.04. The molecule has 1 aromatic rings. The highest BCUT2D eigenvalue weighted by molar-refractivity contribution is 7.98. The largest absolute Gasteiger partial charge is 0.399 e. The molecule has 1 aromatic carbocycles. The van der Waals surface area contributed by atoms with E-state index in [2.05, 4.69) is 18.5 Å². The molecule has 5 N–H and O–H groups in total. The zero-order valence-electron chi connectivity index (χ0n) is 10.2. The lowest BCUT2D eigenvalue weighted by molar-refractivity contribution is 0.100. The second-order valence-electron chi connectivity index (χ2n) is 4.00. The van der Waals surface area contributed by atoms with Gasteiger partial charge in [0.25, 0.3) is 5.91 Å². The van der Waals surface area contributed by atoms with Crippen molar-refractivity contribution in [3.63, 3.8) is 0 Å². The molecule has 0 aliphatic heterocycles. The summed E-state index contributed by atoms with van der Waals surface area (Å²) in [6, 6.07) is 5.36. The van der Waals surface area contributed by atoms with Gasteiger partial charge in [-0.05, 0) is 43.6 Å². The highest BCUT2D eigenvalue weighted by Crippen LogP contribution is 2.20. The first kappa shape index (κ1) is 13.7. The van der Waals surface area contributed by atoms with E-state index in [9.17, 15) is 4.79 Å². The van der Waals surface area contributed by atoms with Crippen molar-refractivity contribution < 1.29 is 4.79 Å². The Hall–Kier alpha value is -1.36. The second-order valence-corrected chi connectivity index (χ2v) is 4.98. The summed E-state index contributed by atoms with van der Waals surface area (Å²) in [7, 11) is 0. The Balaban J connectivity index is 2.81. The molecule has 17 heavy (non-hydrogen) atoms. The van der Waals surface area contributed by atoms with Crippen LogP contribution in [-0.4, -0.2) is 24.0 Å². The van der Waals surface area contributed by atoms with E-state index in [1.54, 1.807) is 30.0 Å². The summed E-state index contributed by atoms with van der Waals surface area (Å²) in [5.41, 5.74) is 12.8. The third-order valence-electron chi connectivity index (χ3n) is 2.47. The molecule has 1 unspecified atom stereocenters. The van der Waals surface area contributed by atoms with E-state index in [1.165, 1.54) is 0 Å². The molecule has 0 aromatic heterocycles. The van der Waals surface area contributed by atoms with Gasteiger partial charge in [0, 0.05) is 17.4 Å². The third-order valence-corrected chi connectivity index (χ3v) is 3.11. The van der Waals surface area contributed by atoms with Crippen LogP contribution in [0.25, 0.3) is 0 Å². The molecule has 1 rings (SSSR count). The minimum absolute atomic E-state index is 0.280. The van der Waals surface area contributed by atoms with Crippen molar-refractivity contribution in [3.05, 3.63) is 23.8 Å². The lowest BCUT2D eigenvalue weighted by Gasteiger charge is -2.17. The zero-order valence-corrected chi connectivity index (χ0v) is 11.0. The molecule has 0 heterocycles. The van der Waals surface area contributed by atoms with Crippen LogP contribution >= 0.6 is 11.8 Å². The molecule has 1 atom stereocenters. The van der Waals surface area contributed by atoms with Gasteiger partial charge in [-0.25, -0.2) is 0 Å². The van der Waals surface area contributed by atoms with Crippen LogP contribution in [0.4, 0.5) is 11.4 Å². The summed E-state index contributed by atoms with van der Waals surface area (Å²) in [4.78, 5) is 11.3. The van der Waals surface area contributed by atoms with Gasteiger partial charge in [0.15, 0.2) is 0 Å². The standard InChI is InChI=1S/C12H19N3OS/c1-8(5-6-17-2)15-11-7-9(13)3-4-10(11)12(14)16/h3-4,7-8,15H,5-6,13H2,1-2H3,(H2,14,16). The molecule has 5 heteroatoms. The number of nitrogen functional groups attached to an aromatic ring is 1. The van der Waals surface area contributed by atoms with Gasteiger partial charge >= 0.3 is 0 Å². The van der Waals surface area contributed by atoms with Crippen LogP contribution in [0.5, 0.6) is 0 Å². The number of hydrogen-bond acceptors (Lipinski definition) is 4. The first-order valence-corrected chi connectivity index (χ1v) is 6.88. The van der Waals surface area contributed by atoms with Crippen LogP contribution in [0.15, 0.2) is 18.2 Å². The van der Waals surface area contributed by atoms with E-state index in [1.807, 2.05) is 0 Å².